The molecule has 2 rings (SSSR count). The zero-order chi connectivity index (χ0) is 15.1. The Morgan fingerprint density at radius 1 is 1.40 bits per heavy atom. The molecule has 0 aliphatic rings. The average Bonchev–Trinajstić information content (AvgIpc) is 2.63. The summed E-state index contributed by atoms with van der Waals surface area (Å²) in [6, 6.07) is 2.66. The summed E-state index contributed by atoms with van der Waals surface area (Å²) in [5.41, 5.74) is -0.176. The van der Waals surface area contributed by atoms with Gasteiger partial charge in [0.15, 0.2) is 0 Å². The van der Waals surface area contributed by atoms with Crippen molar-refractivity contribution in [2.24, 2.45) is 0 Å². The lowest BCUT2D eigenvalue weighted by Gasteiger charge is -2.14. The zero-order valence-corrected chi connectivity index (χ0v) is 10.8. The summed E-state index contributed by atoms with van der Waals surface area (Å²) < 4.78 is 44.5. The van der Waals surface area contributed by atoms with Crippen LogP contribution in [0.4, 0.5) is 13.2 Å². The quantitative estimate of drug-likeness (QED) is 0.911. The summed E-state index contributed by atoms with van der Waals surface area (Å²) in [5, 5.41) is 8.72. The second-order valence-corrected chi connectivity index (χ2v) is 4.36. The Hall–Kier alpha value is -2.18. The van der Waals surface area contributed by atoms with Gasteiger partial charge in [-0.3, -0.25) is 4.79 Å². The van der Waals surface area contributed by atoms with Gasteiger partial charge in [0.25, 0.3) is 0 Å². The van der Waals surface area contributed by atoms with Crippen LogP contribution in [0.15, 0.2) is 12.1 Å². The van der Waals surface area contributed by atoms with E-state index in [9.17, 15) is 18.0 Å². The molecule has 0 amide bonds. The van der Waals surface area contributed by atoms with E-state index in [1.807, 2.05) is 0 Å². The van der Waals surface area contributed by atoms with E-state index in [-0.39, 0.29) is 22.2 Å². The van der Waals surface area contributed by atoms with Crippen LogP contribution in [-0.4, -0.2) is 23.2 Å². The first-order valence-corrected chi connectivity index (χ1v) is 5.72. The van der Waals surface area contributed by atoms with Gasteiger partial charge >= 0.3 is 12.1 Å². The van der Waals surface area contributed by atoms with Crippen LogP contribution in [0.1, 0.15) is 16.8 Å². The lowest BCUT2D eigenvalue weighted by atomic mass is 10.0. The van der Waals surface area contributed by atoms with E-state index in [2.05, 4.69) is 4.98 Å². The topological polar surface area (TPSA) is 62.3 Å². The number of ether oxygens (including phenoxy) is 1. The summed E-state index contributed by atoms with van der Waals surface area (Å²) in [6.07, 6.45) is -5.12. The van der Waals surface area contributed by atoms with E-state index in [1.54, 1.807) is 6.92 Å². The first-order valence-electron chi connectivity index (χ1n) is 5.72. The van der Waals surface area contributed by atoms with E-state index in [0.717, 1.165) is 7.11 Å². The van der Waals surface area contributed by atoms with E-state index >= 15 is 0 Å². The van der Waals surface area contributed by atoms with Gasteiger partial charge in [0.05, 0.1) is 13.5 Å². The van der Waals surface area contributed by atoms with Gasteiger partial charge in [-0.25, -0.2) is 0 Å². The Morgan fingerprint density at radius 3 is 2.55 bits per heavy atom. The van der Waals surface area contributed by atoms with E-state index in [0.29, 0.717) is 5.69 Å². The lowest BCUT2D eigenvalue weighted by Crippen LogP contribution is -2.10. The van der Waals surface area contributed by atoms with E-state index in [4.69, 9.17) is 9.84 Å². The molecule has 0 atom stereocenters. The Bertz CT molecular complexity index is 674. The number of aromatic amines is 1. The number of carbonyl (C=O) groups is 1. The first kappa shape index (κ1) is 14.2. The van der Waals surface area contributed by atoms with Gasteiger partial charge in [0, 0.05) is 16.6 Å². The van der Waals surface area contributed by atoms with E-state index < -0.39 is 24.1 Å². The van der Waals surface area contributed by atoms with Gasteiger partial charge in [0.1, 0.15) is 11.3 Å². The summed E-state index contributed by atoms with van der Waals surface area (Å²) in [6.45, 7) is 1.55. The summed E-state index contributed by atoms with van der Waals surface area (Å²) in [5.74, 6) is -1.51. The fourth-order valence-corrected chi connectivity index (χ4v) is 2.29. The molecule has 20 heavy (non-hydrogen) atoms. The first-order chi connectivity index (χ1) is 9.25. The zero-order valence-electron chi connectivity index (χ0n) is 10.8. The molecule has 0 unspecified atom stereocenters. The third-order valence-corrected chi connectivity index (χ3v) is 3.08. The molecule has 0 aliphatic heterocycles. The van der Waals surface area contributed by atoms with Gasteiger partial charge < -0.3 is 14.8 Å². The van der Waals surface area contributed by atoms with Crippen LogP contribution in [0.25, 0.3) is 10.9 Å². The fourth-order valence-electron chi connectivity index (χ4n) is 2.29. The second kappa shape index (κ2) is 4.73. The molecule has 0 aliphatic carbocycles. The van der Waals surface area contributed by atoms with Crippen LogP contribution in [0.3, 0.4) is 0 Å². The highest BCUT2D eigenvalue weighted by Crippen LogP contribution is 2.43. The smallest absolute Gasteiger partial charge is 0.420 e. The maximum atomic E-state index is 13.3. The minimum Gasteiger partial charge on any atom is -0.496 e. The SMILES string of the molecule is COc1ccc2[nH]c(C)c(CC(=O)O)c2c1C(F)(F)F. The molecule has 7 heteroatoms. The minimum atomic E-state index is -4.63. The molecule has 0 saturated heterocycles. The Balaban J connectivity index is 2.87. The molecule has 1 aromatic carbocycles. The second-order valence-electron chi connectivity index (χ2n) is 4.36. The van der Waals surface area contributed by atoms with Crippen molar-refractivity contribution in [2.45, 2.75) is 19.5 Å². The number of fused-ring (bicyclic) bond motifs is 1. The predicted octanol–water partition coefficient (Wildman–Crippen LogP) is 3.13. The maximum absolute atomic E-state index is 13.3. The molecule has 0 bridgehead atoms. The number of halogens is 3. The fraction of sp³-hybridized carbons (Fsp3) is 0.308. The van der Waals surface area contributed by atoms with Crippen LogP contribution in [0.2, 0.25) is 0 Å². The normalized spacial score (nSPS) is 11.8. The van der Waals surface area contributed by atoms with Crippen LogP contribution < -0.4 is 4.74 Å². The standard InChI is InChI=1S/C13H12F3NO3/c1-6-7(5-10(18)19)11-8(17-6)3-4-9(20-2)12(11)13(14,15)16/h3-4,17H,5H2,1-2H3,(H,18,19). The maximum Gasteiger partial charge on any atom is 0.420 e. The molecule has 0 spiro atoms. The Labute approximate surface area is 112 Å². The number of aryl methyl sites for hydroxylation is 1. The lowest BCUT2D eigenvalue weighted by molar-refractivity contribution is -0.138. The number of alkyl halides is 3. The van der Waals surface area contributed by atoms with Crippen LogP contribution in [0.5, 0.6) is 5.75 Å². The van der Waals surface area contributed by atoms with Crippen molar-refractivity contribution < 1.29 is 27.8 Å². The number of benzene rings is 1. The highest BCUT2D eigenvalue weighted by Gasteiger charge is 2.38. The molecule has 0 radical (unpaired) electrons. The molecular weight excluding hydrogens is 275 g/mol. The number of aromatic nitrogens is 1. The minimum absolute atomic E-state index is 0.124. The van der Waals surface area contributed by atoms with Gasteiger partial charge in [-0.2, -0.15) is 13.2 Å². The predicted molar refractivity (Wildman–Crippen MR) is 65.9 cm³/mol. The molecule has 2 N–H and O–H groups in total. The highest BCUT2D eigenvalue weighted by atomic mass is 19.4. The van der Waals surface area contributed by atoms with Crippen molar-refractivity contribution in [3.05, 3.63) is 29.0 Å². The number of hydrogen-bond acceptors (Lipinski definition) is 2. The van der Waals surface area contributed by atoms with Gasteiger partial charge in [-0.05, 0) is 24.6 Å². The Morgan fingerprint density at radius 2 is 2.05 bits per heavy atom. The van der Waals surface area contributed by atoms with Crippen molar-refractivity contribution >= 4 is 16.9 Å². The highest BCUT2D eigenvalue weighted by molar-refractivity contribution is 5.93. The summed E-state index contributed by atoms with van der Waals surface area (Å²) in [7, 11) is 1.15. The Kier molecular flexibility index (Phi) is 3.37. The van der Waals surface area contributed by atoms with Crippen molar-refractivity contribution in [2.75, 3.05) is 7.11 Å². The van der Waals surface area contributed by atoms with E-state index in [1.165, 1.54) is 12.1 Å². The van der Waals surface area contributed by atoms with Gasteiger partial charge in [-0.1, -0.05) is 0 Å². The molecule has 2 aromatic rings. The molecule has 4 nitrogen and oxygen atoms in total. The molecule has 0 saturated carbocycles. The number of carboxylic acids is 1. The van der Waals surface area contributed by atoms with Crippen molar-refractivity contribution in [3.8, 4) is 5.75 Å². The number of methoxy groups -OCH3 is 1. The third kappa shape index (κ3) is 2.31. The molecule has 0 fully saturated rings. The van der Waals surface area contributed by atoms with Crippen molar-refractivity contribution in [1.29, 1.82) is 0 Å². The number of nitrogens with one attached hydrogen (secondary N) is 1. The van der Waals surface area contributed by atoms with Crippen molar-refractivity contribution in [3.63, 3.8) is 0 Å². The average molecular weight is 287 g/mol. The molecular formula is C13H12F3NO3. The largest absolute Gasteiger partial charge is 0.496 e. The molecule has 1 aromatic heterocycles. The van der Waals surface area contributed by atoms with Crippen molar-refractivity contribution in [1.82, 2.24) is 4.98 Å². The number of rotatable bonds is 3. The number of H-pyrrole nitrogens is 1. The number of aliphatic carboxylic acids is 1. The number of carboxylic acid groups (broad SMARTS) is 1. The summed E-state index contributed by atoms with van der Waals surface area (Å²) >= 11 is 0. The van der Waals surface area contributed by atoms with Gasteiger partial charge in [-0.15, -0.1) is 0 Å². The molecule has 108 valence electrons. The monoisotopic (exact) mass is 287 g/mol. The van der Waals surface area contributed by atoms with Gasteiger partial charge in [0.2, 0.25) is 0 Å². The van der Waals surface area contributed by atoms with Crippen LogP contribution in [-0.2, 0) is 17.4 Å². The van der Waals surface area contributed by atoms with Crippen LogP contribution in [0, 0.1) is 6.92 Å². The molecule has 1 heterocycles. The number of hydrogen-bond donors (Lipinski definition) is 2. The van der Waals surface area contributed by atoms with Crippen LogP contribution >= 0.6 is 0 Å². The summed E-state index contributed by atoms with van der Waals surface area (Å²) in [4.78, 5) is 13.6. The third-order valence-electron chi connectivity index (χ3n) is 3.08.